The fraction of sp³-hybridized carbons (Fsp3) is 0.0588. The summed E-state index contributed by atoms with van der Waals surface area (Å²) in [6.45, 7) is 4.16. The molecule has 114 valence electrons. The first-order valence-electron chi connectivity index (χ1n) is 7.11. The van der Waals surface area contributed by atoms with Crippen molar-refractivity contribution in [1.29, 1.82) is 0 Å². The second-order valence-electron chi connectivity index (χ2n) is 4.84. The van der Waals surface area contributed by atoms with E-state index in [0.717, 1.165) is 11.4 Å². The number of tetrazole rings is 1. The summed E-state index contributed by atoms with van der Waals surface area (Å²) in [5.74, 6) is -0.106. The first-order valence-corrected chi connectivity index (χ1v) is 7.11. The lowest BCUT2D eigenvalue weighted by Gasteiger charge is -2.21. The van der Waals surface area contributed by atoms with Crippen LogP contribution in [0.1, 0.15) is 10.4 Å². The number of benzene rings is 2. The van der Waals surface area contributed by atoms with Gasteiger partial charge in [-0.15, -0.1) is 11.7 Å². The molecule has 0 atom stereocenters. The first-order chi connectivity index (χ1) is 11.3. The number of nitrogens with zero attached hydrogens (tertiary/aromatic N) is 5. The van der Waals surface area contributed by atoms with Crippen LogP contribution in [-0.4, -0.2) is 32.7 Å². The van der Waals surface area contributed by atoms with Crippen molar-refractivity contribution in [1.82, 2.24) is 20.2 Å². The zero-order valence-electron chi connectivity index (χ0n) is 12.4. The molecule has 23 heavy (non-hydrogen) atoms. The Labute approximate surface area is 133 Å². The van der Waals surface area contributed by atoms with Gasteiger partial charge >= 0.3 is 0 Å². The average molecular weight is 305 g/mol. The highest BCUT2D eigenvalue weighted by atomic mass is 16.2. The van der Waals surface area contributed by atoms with Gasteiger partial charge in [0.05, 0.1) is 5.69 Å². The first kappa shape index (κ1) is 14.6. The molecule has 0 aliphatic carbocycles. The third-order valence-corrected chi connectivity index (χ3v) is 3.33. The fourth-order valence-electron chi connectivity index (χ4n) is 2.26. The predicted molar refractivity (Wildman–Crippen MR) is 87.5 cm³/mol. The molecule has 0 unspecified atom stereocenters. The summed E-state index contributed by atoms with van der Waals surface area (Å²) in [5.41, 5.74) is 2.11. The summed E-state index contributed by atoms with van der Waals surface area (Å²) in [4.78, 5) is 14.5. The van der Waals surface area contributed by atoms with Gasteiger partial charge in [-0.05, 0) is 40.8 Å². The molecular formula is C17H15N5O. The minimum atomic E-state index is -0.106. The molecule has 1 heterocycles. The maximum Gasteiger partial charge on any atom is 0.258 e. The van der Waals surface area contributed by atoms with Crippen molar-refractivity contribution in [3.63, 3.8) is 0 Å². The Bertz CT molecular complexity index is 799. The van der Waals surface area contributed by atoms with E-state index in [1.807, 2.05) is 36.4 Å². The lowest BCUT2D eigenvalue weighted by Crippen LogP contribution is -2.31. The van der Waals surface area contributed by atoms with Crippen LogP contribution in [0.3, 0.4) is 0 Å². The minimum absolute atomic E-state index is 0.106. The van der Waals surface area contributed by atoms with Crippen LogP contribution in [0, 0.1) is 0 Å². The summed E-state index contributed by atoms with van der Waals surface area (Å²) in [6, 6.07) is 16.7. The largest absolute Gasteiger partial charge is 0.305 e. The molecule has 3 rings (SSSR count). The second-order valence-corrected chi connectivity index (χ2v) is 4.84. The Balaban J connectivity index is 1.94. The van der Waals surface area contributed by atoms with Crippen LogP contribution in [0.5, 0.6) is 0 Å². The number of anilines is 1. The van der Waals surface area contributed by atoms with Gasteiger partial charge in [0, 0.05) is 17.8 Å². The molecule has 6 nitrogen and oxygen atoms in total. The number of aromatic nitrogens is 4. The van der Waals surface area contributed by atoms with Gasteiger partial charge in [-0.25, -0.2) is 4.68 Å². The van der Waals surface area contributed by atoms with Crippen LogP contribution >= 0.6 is 0 Å². The Kier molecular flexibility index (Phi) is 4.24. The lowest BCUT2D eigenvalue weighted by atomic mass is 10.1. The number of amides is 1. The van der Waals surface area contributed by atoms with E-state index < -0.39 is 0 Å². The monoisotopic (exact) mass is 305 g/mol. The van der Waals surface area contributed by atoms with E-state index in [1.165, 1.54) is 11.0 Å². The molecule has 0 bridgehead atoms. The van der Waals surface area contributed by atoms with E-state index in [2.05, 4.69) is 22.1 Å². The molecule has 0 saturated carbocycles. The smallest absolute Gasteiger partial charge is 0.258 e. The van der Waals surface area contributed by atoms with Crippen molar-refractivity contribution in [2.45, 2.75) is 0 Å². The number of carbonyl (C=O) groups is 1. The lowest BCUT2D eigenvalue weighted by molar-refractivity contribution is 0.0989. The zero-order valence-corrected chi connectivity index (χ0v) is 12.4. The fourth-order valence-corrected chi connectivity index (χ4v) is 2.26. The number of hydrogen-bond donors (Lipinski definition) is 0. The highest BCUT2D eigenvalue weighted by Crippen LogP contribution is 2.18. The topological polar surface area (TPSA) is 63.9 Å². The van der Waals surface area contributed by atoms with Crippen molar-refractivity contribution < 1.29 is 4.79 Å². The van der Waals surface area contributed by atoms with Crippen LogP contribution in [0.25, 0.3) is 5.69 Å². The third-order valence-electron chi connectivity index (χ3n) is 3.33. The standard InChI is InChI=1S/C17H15N5O/c1-2-11-21(15-8-4-3-5-9-15)17(23)14-7-6-10-16(12-14)22-13-18-19-20-22/h2-10,12-13H,1,11H2. The molecule has 0 N–H and O–H groups in total. The predicted octanol–water partition coefficient (Wildman–Crippen LogP) is 2.50. The van der Waals surface area contributed by atoms with Crippen molar-refractivity contribution in [3.8, 4) is 5.69 Å². The van der Waals surface area contributed by atoms with Gasteiger partial charge in [-0.2, -0.15) is 0 Å². The maximum absolute atomic E-state index is 12.9. The highest BCUT2D eigenvalue weighted by molar-refractivity contribution is 6.06. The average Bonchev–Trinajstić information content (AvgIpc) is 3.15. The molecule has 0 radical (unpaired) electrons. The van der Waals surface area contributed by atoms with Crippen LogP contribution in [0.4, 0.5) is 5.69 Å². The Morgan fingerprint density at radius 1 is 1.17 bits per heavy atom. The van der Waals surface area contributed by atoms with Crippen molar-refractivity contribution in [2.75, 3.05) is 11.4 Å². The van der Waals surface area contributed by atoms with Crippen LogP contribution in [-0.2, 0) is 0 Å². The molecule has 0 aliphatic rings. The quantitative estimate of drug-likeness (QED) is 0.679. The molecule has 0 spiro atoms. The highest BCUT2D eigenvalue weighted by Gasteiger charge is 2.17. The molecule has 6 heteroatoms. The molecule has 1 amide bonds. The normalized spacial score (nSPS) is 10.3. The Morgan fingerprint density at radius 3 is 2.70 bits per heavy atom. The van der Waals surface area contributed by atoms with Gasteiger partial charge in [-0.3, -0.25) is 4.79 Å². The van der Waals surface area contributed by atoms with Gasteiger partial charge in [-0.1, -0.05) is 30.3 Å². The second kappa shape index (κ2) is 6.65. The number of para-hydroxylation sites is 1. The molecular weight excluding hydrogens is 290 g/mol. The zero-order chi connectivity index (χ0) is 16.1. The molecule has 0 aliphatic heterocycles. The summed E-state index contributed by atoms with van der Waals surface area (Å²) in [6.07, 6.45) is 3.19. The molecule has 0 saturated heterocycles. The number of hydrogen-bond acceptors (Lipinski definition) is 4. The summed E-state index contributed by atoms with van der Waals surface area (Å²) < 4.78 is 1.51. The van der Waals surface area contributed by atoms with Gasteiger partial charge < -0.3 is 4.90 Å². The van der Waals surface area contributed by atoms with Gasteiger partial charge in [0.15, 0.2) is 0 Å². The molecule has 0 fully saturated rings. The number of carbonyl (C=O) groups excluding carboxylic acids is 1. The van der Waals surface area contributed by atoms with Gasteiger partial charge in [0.25, 0.3) is 5.91 Å². The Morgan fingerprint density at radius 2 is 2.00 bits per heavy atom. The SMILES string of the molecule is C=CCN(C(=O)c1cccc(-n2cnnn2)c1)c1ccccc1. The number of rotatable bonds is 5. The summed E-state index contributed by atoms with van der Waals surface area (Å²) in [5, 5.41) is 11.1. The van der Waals surface area contributed by atoms with E-state index in [-0.39, 0.29) is 5.91 Å². The summed E-state index contributed by atoms with van der Waals surface area (Å²) >= 11 is 0. The maximum atomic E-state index is 12.9. The minimum Gasteiger partial charge on any atom is -0.305 e. The van der Waals surface area contributed by atoms with E-state index >= 15 is 0 Å². The third kappa shape index (κ3) is 3.16. The van der Waals surface area contributed by atoms with E-state index in [9.17, 15) is 4.79 Å². The van der Waals surface area contributed by atoms with Gasteiger partial charge in [0.2, 0.25) is 0 Å². The summed E-state index contributed by atoms with van der Waals surface area (Å²) in [7, 11) is 0. The van der Waals surface area contributed by atoms with Crippen molar-refractivity contribution >= 4 is 11.6 Å². The van der Waals surface area contributed by atoms with Crippen molar-refractivity contribution in [2.24, 2.45) is 0 Å². The molecule has 1 aromatic heterocycles. The molecule has 3 aromatic rings. The van der Waals surface area contributed by atoms with E-state index in [1.54, 1.807) is 29.2 Å². The van der Waals surface area contributed by atoms with Gasteiger partial charge in [0.1, 0.15) is 6.33 Å². The van der Waals surface area contributed by atoms with Crippen LogP contribution in [0.2, 0.25) is 0 Å². The van der Waals surface area contributed by atoms with E-state index in [4.69, 9.17) is 0 Å². The van der Waals surface area contributed by atoms with E-state index in [0.29, 0.717) is 12.1 Å². The van der Waals surface area contributed by atoms with Crippen molar-refractivity contribution in [3.05, 3.63) is 79.1 Å². The molecule has 2 aromatic carbocycles. The van der Waals surface area contributed by atoms with Crippen LogP contribution in [0.15, 0.2) is 73.6 Å². The van der Waals surface area contributed by atoms with Crippen LogP contribution < -0.4 is 4.90 Å². The Hall–Kier alpha value is -3.28.